The number of hydroxylamine groups is 2. The standard InChI is InChI=1S/C24H26F3N5O5/c1-22-11-16(29-21(35)36-31-8-6-30(3)7-9-31)23(2,37-22)18-17(22)19(33)32(20(18)34)14-5-4-13(12-28)15(10-14)24(25,26)27/h4-5,10,16-18H,6-9,11H2,1-3H3,(H,29,35)/t16-,17-,18+,22+,23+/m1/s1. The minimum Gasteiger partial charge on any atom is -0.365 e. The number of nitrogens with zero attached hydrogens (tertiary/aromatic N) is 4. The second kappa shape index (κ2) is 8.41. The first-order valence-corrected chi connectivity index (χ1v) is 11.9. The minimum absolute atomic E-state index is 0.219. The molecule has 4 saturated heterocycles. The molecule has 4 fully saturated rings. The van der Waals surface area contributed by atoms with Gasteiger partial charge in [0.1, 0.15) is 0 Å². The van der Waals surface area contributed by atoms with Crippen molar-refractivity contribution < 1.29 is 37.1 Å². The molecule has 5 rings (SSSR count). The lowest BCUT2D eigenvalue weighted by molar-refractivity contribution is -0.138. The van der Waals surface area contributed by atoms with E-state index in [9.17, 15) is 27.6 Å². The summed E-state index contributed by atoms with van der Waals surface area (Å²) < 4.78 is 46.8. The number of nitrogens with one attached hydrogen (secondary N) is 1. The number of fused-ring (bicyclic) bond motifs is 5. The number of alkyl halides is 3. The Balaban J connectivity index is 1.39. The Kier molecular flexibility index (Phi) is 5.78. The molecule has 13 heteroatoms. The fourth-order valence-corrected chi connectivity index (χ4v) is 6.17. The highest BCUT2D eigenvalue weighted by atomic mass is 19.4. The van der Waals surface area contributed by atoms with Crippen LogP contribution in [0.15, 0.2) is 18.2 Å². The Morgan fingerprint density at radius 3 is 2.43 bits per heavy atom. The number of amides is 3. The van der Waals surface area contributed by atoms with Gasteiger partial charge in [0.15, 0.2) is 0 Å². The number of carbonyl (C=O) groups excluding carboxylic acids is 3. The van der Waals surface area contributed by atoms with Crippen LogP contribution in [0.4, 0.5) is 23.7 Å². The number of nitriles is 1. The van der Waals surface area contributed by atoms with Gasteiger partial charge >= 0.3 is 12.3 Å². The molecule has 4 heterocycles. The van der Waals surface area contributed by atoms with Crippen molar-refractivity contribution in [3.8, 4) is 6.07 Å². The maximum absolute atomic E-state index is 13.6. The molecule has 3 amide bonds. The van der Waals surface area contributed by atoms with Crippen molar-refractivity contribution in [3.63, 3.8) is 0 Å². The normalized spacial score (nSPS) is 34.0. The summed E-state index contributed by atoms with van der Waals surface area (Å²) in [6.45, 7) is 5.83. The summed E-state index contributed by atoms with van der Waals surface area (Å²) in [7, 11) is 1.97. The van der Waals surface area contributed by atoms with Crippen molar-refractivity contribution in [2.24, 2.45) is 11.8 Å². The molecule has 0 spiro atoms. The smallest absolute Gasteiger partial charge is 0.365 e. The molecule has 4 aliphatic heterocycles. The largest absolute Gasteiger partial charge is 0.426 e. The molecule has 0 aromatic heterocycles. The van der Waals surface area contributed by atoms with Crippen LogP contribution in [0.3, 0.4) is 0 Å². The fraction of sp³-hybridized carbons (Fsp3) is 0.583. The third-order valence-electron chi connectivity index (χ3n) is 7.99. The quantitative estimate of drug-likeness (QED) is 0.600. The highest BCUT2D eigenvalue weighted by Gasteiger charge is 2.76. The van der Waals surface area contributed by atoms with E-state index in [-0.39, 0.29) is 12.1 Å². The summed E-state index contributed by atoms with van der Waals surface area (Å²) in [6.07, 6.45) is -5.33. The van der Waals surface area contributed by atoms with Crippen LogP contribution in [0, 0.1) is 23.2 Å². The maximum atomic E-state index is 13.6. The first-order chi connectivity index (χ1) is 17.3. The van der Waals surface area contributed by atoms with Gasteiger partial charge in [-0.1, -0.05) is 0 Å². The number of hydrogen-bond acceptors (Lipinski definition) is 8. The van der Waals surface area contributed by atoms with E-state index >= 15 is 0 Å². The van der Waals surface area contributed by atoms with Crippen molar-refractivity contribution in [1.29, 1.82) is 5.26 Å². The Bertz CT molecular complexity index is 1210. The van der Waals surface area contributed by atoms with Crippen molar-refractivity contribution in [2.75, 3.05) is 38.1 Å². The van der Waals surface area contributed by atoms with Gasteiger partial charge in [-0.25, -0.2) is 9.69 Å². The third kappa shape index (κ3) is 3.94. The van der Waals surface area contributed by atoms with Crippen LogP contribution in [0.5, 0.6) is 0 Å². The van der Waals surface area contributed by atoms with Crippen LogP contribution in [0.2, 0.25) is 0 Å². The molecule has 0 saturated carbocycles. The molecule has 0 unspecified atom stereocenters. The lowest BCUT2D eigenvalue weighted by atomic mass is 9.66. The zero-order valence-electron chi connectivity index (χ0n) is 20.5. The van der Waals surface area contributed by atoms with E-state index in [2.05, 4.69) is 10.2 Å². The van der Waals surface area contributed by atoms with E-state index in [0.29, 0.717) is 19.2 Å². The van der Waals surface area contributed by atoms with Gasteiger partial charge in [-0.2, -0.15) is 18.4 Å². The number of ether oxygens (including phenoxy) is 1. The van der Waals surface area contributed by atoms with Gasteiger partial charge < -0.3 is 19.8 Å². The number of carbonyl (C=O) groups is 3. The summed E-state index contributed by atoms with van der Waals surface area (Å²) in [5.41, 5.74) is -4.50. The van der Waals surface area contributed by atoms with E-state index in [1.807, 2.05) is 7.05 Å². The number of anilines is 1. The molecule has 1 N–H and O–H groups in total. The number of benzene rings is 1. The number of piperazine rings is 1. The fourth-order valence-electron chi connectivity index (χ4n) is 6.17. The molecular weight excluding hydrogens is 495 g/mol. The van der Waals surface area contributed by atoms with Gasteiger partial charge in [0, 0.05) is 32.6 Å². The summed E-state index contributed by atoms with van der Waals surface area (Å²) in [5, 5.41) is 13.4. The first kappa shape index (κ1) is 25.4. The Hall–Kier alpha value is -3.21. The van der Waals surface area contributed by atoms with Gasteiger partial charge in [0.05, 0.1) is 52.0 Å². The molecule has 4 aliphatic rings. The Labute approximate surface area is 210 Å². The molecule has 1 aromatic carbocycles. The van der Waals surface area contributed by atoms with E-state index in [0.717, 1.165) is 30.1 Å². The Morgan fingerprint density at radius 2 is 1.81 bits per heavy atom. The molecule has 198 valence electrons. The second-order valence-electron chi connectivity index (χ2n) is 10.4. The van der Waals surface area contributed by atoms with Crippen LogP contribution in [0.1, 0.15) is 31.4 Å². The van der Waals surface area contributed by atoms with Gasteiger partial charge in [0.25, 0.3) is 0 Å². The van der Waals surface area contributed by atoms with Crippen LogP contribution < -0.4 is 10.2 Å². The second-order valence-corrected chi connectivity index (χ2v) is 10.4. The van der Waals surface area contributed by atoms with Gasteiger partial charge in [-0.15, -0.1) is 5.06 Å². The van der Waals surface area contributed by atoms with Crippen LogP contribution >= 0.6 is 0 Å². The third-order valence-corrected chi connectivity index (χ3v) is 7.99. The maximum Gasteiger partial charge on any atom is 0.426 e. The average Bonchev–Trinajstić information content (AvgIpc) is 3.34. The van der Waals surface area contributed by atoms with E-state index in [4.69, 9.17) is 14.8 Å². The Morgan fingerprint density at radius 1 is 1.16 bits per heavy atom. The van der Waals surface area contributed by atoms with Crippen LogP contribution in [-0.2, 0) is 25.3 Å². The summed E-state index contributed by atoms with van der Waals surface area (Å²) in [6, 6.07) is 3.57. The molecule has 5 atom stereocenters. The van der Waals surface area contributed by atoms with E-state index < -0.39 is 64.3 Å². The number of imide groups is 1. The van der Waals surface area contributed by atoms with E-state index in [1.54, 1.807) is 18.9 Å². The lowest BCUT2D eigenvalue weighted by Gasteiger charge is -2.36. The number of likely N-dealkylation sites (N-methyl/N-ethyl adjacent to an activating group) is 1. The summed E-state index contributed by atoms with van der Waals surface area (Å²) in [4.78, 5) is 47.9. The zero-order chi connectivity index (χ0) is 26.9. The van der Waals surface area contributed by atoms with Gasteiger partial charge in [-0.3, -0.25) is 9.59 Å². The van der Waals surface area contributed by atoms with E-state index in [1.165, 1.54) is 6.07 Å². The molecule has 2 bridgehead atoms. The zero-order valence-corrected chi connectivity index (χ0v) is 20.5. The minimum atomic E-state index is -4.85. The van der Waals surface area contributed by atoms with Crippen LogP contribution in [0.25, 0.3) is 0 Å². The SMILES string of the molecule is CN1CCN(OC(=O)N[C@@H]2C[C@]3(C)O[C@]2(C)[C@@H]2C(=O)N(c4ccc(C#N)c(C(F)(F)F)c4)C(=O)[C@@H]23)CC1. The molecule has 37 heavy (non-hydrogen) atoms. The van der Waals surface area contributed by atoms with Crippen molar-refractivity contribution in [3.05, 3.63) is 29.3 Å². The molecule has 10 nitrogen and oxygen atoms in total. The predicted octanol–water partition coefficient (Wildman–Crippen LogP) is 1.89. The molecular formula is C24H26F3N5O5. The molecule has 0 aliphatic carbocycles. The lowest BCUT2D eigenvalue weighted by Crippen LogP contribution is -2.57. The van der Waals surface area contributed by atoms with Gasteiger partial charge in [0.2, 0.25) is 11.8 Å². The van der Waals surface area contributed by atoms with Gasteiger partial charge in [-0.05, 0) is 39.1 Å². The van der Waals surface area contributed by atoms with Crippen molar-refractivity contribution in [2.45, 2.75) is 43.7 Å². The van der Waals surface area contributed by atoms with Crippen LogP contribution in [-0.4, -0.2) is 78.3 Å². The molecule has 0 radical (unpaired) electrons. The predicted molar refractivity (Wildman–Crippen MR) is 121 cm³/mol. The highest BCUT2D eigenvalue weighted by molar-refractivity contribution is 6.23. The first-order valence-electron chi connectivity index (χ1n) is 11.9. The topological polar surface area (TPSA) is 115 Å². The van der Waals surface area contributed by atoms with Crippen molar-refractivity contribution in [1.82, 2.24) is 15.3 Å². The highest BCUT2D eigenvalue weighted by Crippen LogP contribution is 2.61. The number of halogens is 3. The summed E-state index contributed by atoms with van der Waals surface area (Å²) >= 11 is 0. The number of rotatable bonds is 3. The number of hydrogen-bond donors (Lipinski definition) is 1. The average molecular weight is 521 g/mol. The van der Waals surface area contributed by atoms with Crippen molar-refractivity contribution >= 4 is 23.6 Å². The monoisotopic (exact) mass is 521 g/mol. The summed E-state index contributed by atoms with van der Waals surface area (Å²) in [5.74, 6) is -3.32. The molecule has 1 aromatic rings.